The SMILES string of the molecule is CCNc1nc(C2CC2)nc(NC2CCC(SC)C2)c1C. The first kappa shape index (κ1) is 14.9. The van der Waals surface area contributed by atoms with Crippen molar-refractivity contribution in [3.05, 3.63) is 11.4 Å². The molecule has 116 valence electrons. The molecular weight excluding hydrogens is 280 g/mol. The van der Waals surface area contributed by atoms with Crippen molar-refractivity contribution in [1.82, 2.24) is 9.97 Å². The van der Waals surface area contributed by atoms with Crippen LogP contribution in [0, 0.1) is 6.92 Å². The Balaban J connectivity index is 1.79. The highest BCUT2D eigenvalue weighted by molar-refractivity contribution is 7.99. The van der Waals surface area contributed by atoms with Gasteiger partial charge in [0.05, 0.1) is 0 Å². The van der Waals surface area contributed by atoms with Crippen LogP contribution in [0.15, 0.2) is 0 Å². The molecule has 0 spiro atoms. The summed E-state index contributed by atoms with van der Waals surface area (Å²) >= 11 is 2.00. The van der Waals surface area contributed by atoms with Gasteiger partial charge >= 0.3 is 0 Å². The number of nitrogens with one attached hydrogen (secondary N) is 2. The summed E-state index contributed by atoms with van der Waals surface area (Å²) in [6.07, 6.45) is 8.53. The van der Waals surface area contributed by atoms with Crippen molar-refractivity contribution < 1.29 is 0 Å². The fourth-order valence-corrected chi connectivity index (χ4v) is 3.81. The molecule has 21 heavy (non-hydrogen) atoms. The summed E-state index contributed by atoms with van der Waals surface area (Å²) in [5, 5.41) is 7.89. The van der Waals surface area contributed by atoms with Crippen LogP contribution in [0.5, 0.6) is 0 Å². The summed E-state index contributed by atoms with van der Waals surface area (Å²) in [6, 6.07) is 0.567. The third-order valence-electron chi connectivity index (χ3n) is 4.51. The average molecular weight is 306 g/mol. The normalized spacial score (nSPS) is 25.1. The Bertz CT molecular complexity index is 501. The molecule has 2 aliphatic carbocycles. The van der Waals surface area contributed by atoms with Gasteiger partial charge < -0.3 is 10.6 Å². The van der Waals surface area contributed by atoms with Gasteiger partial charge in [0.2, 0.25) is 0 Å². The van der Waals surface area contributed by atoms with Gasteiger partial charge in [-0.15, -0.1) is 0 Å². The summed E-state index contributed by atoms with van der Waals surface area (Å²) in [5.41, 5.74) is 1.16. The van der Waals surface area contributed by atoms with E-state index in [1.54, 1.807) is 0 Å². The maximum absolute atomic E-state index is 4.82. The van der Waals surface area contributed by atoms with Gasteiger partial charge in [-0.2, -0.15) is 11.8 Å². The van der Waals surface area contributed by atoms with E-state index >= 15 is 0 Å². The maximum Gasteiger partial charge on any atom is 0.136 e. The van der Waals surface area contributed by atoms with Crippen LogP contribution in [0.1, 0.15) is 56.3 Å². The zero-order valence-corrected chi connectivity index (χ0v) is 14.1. The molecule has 5 heteroatoms. The maximum atomic E-state index is 4.82. The van der Waals surface area contributed by atoms with Gasteiger partial charge in [-0.05, 0) is 52.2 Å². The van der Waals surface area contributed by atoms with Gasteiger partial charge in [-0.25, -0.2) is 9.97 Å². The lowest BCUT2D eigenvalue weighted by Gasteiger charge is -2.18. The first-order valence-corrected chi connectivity index (χ1v) is 9.41. The van der Waals surface area contributed by atoms with E-state index in [2.05, 4.69) is 30.7 Å². The second-order valence-electron chi connectivity index (χ2n) is 6.22. The molecule has 2 fully saturated rings. The van der Waals surface area contributed by atoms with E-state index in [-0.39, 0.29) is 0 Å². The van der Waals surface area contributed by atoms with Gasteiger partial charge in [-0.1, -0.05) is 0 Å². The smallest absolute Gasteiger partial charge is 0.136 e. The Morgan fingerprint density at radius 3 is 2.52 bits per heavy atom. The number of rotatable bonds is 6. The zero-order chi connectivity index (χ0) is 14.8. The van der Waals surface area contributed by atoms with Gasteiger partial charge in [0.1, 0.15) is 17.5 Å². The summed E-state index contributed by atoms with van der Waals surface area (Å²) in [5.74, 6) is 3.68. The summed E-state index contributed by atoms with van der Waals surface area (Å²) in [7, 11) is 0. The van der Waals surface area contributed by atoms with Crippen molar-refractivity contribution in [2.75, 3.05) is 23.4 Å². The Labute approximate surface area is 131 Å². The fourth-order valence-electron chi connectivity index (χ4n) is 3.02. The molecule has 2 unspecified atom stereocenters. The highest BCUT2D eigenvalue weighted by Gasteiger charge is 2.29. The Hall–Kier alpha value is -0.970. The van der Waals surface area contributed by atoms with Crippen molar-refractivity contribution in [3.63, 3.8) is 0 Å². The van der Waals surface area contributed by atoms with Crippen LogP contribution >= 0.6 is 11.8 Å². The van der Waals surface area contributed by atoms with E-state index in [9.17, 15) is 0 Å². The molecule has 3 rings (SSSR count). The minimum Gasteiger partial charge on any atom is -0.370 e. The van der Waals surface area contributed by atoms with Crippen LogP contribution in [0.25, 0.3) is 0 Å². The van der Waals surface area contributed by atoms with E-state index in [1.807, 2.05) is 11.8 Å². The van der Waals surface area contributed by atoms with Gasteiger partial charge in [-0.3, -0.25) is 0 Å². The van der Waals surface area contributed by atoms with Crippen LogP contribution in [0.4, 0.5) is 11.6 Å². The highest BCUT2D eigenvalue weighted by Crippen LogP contribution is 2.40. The molecule has 4 nitrogen and oxygen atoms in total. The van der Waals surface area contributed by atoms with Crippen molar-refractivity contribution >= 4 is 23.4 Å². The van der Waals surface area contributed by atoms with E-state index in [4.69, 9.17) is 9.97 Å². The molecule has 0 bridgehead atoms. The molecule has 2 aliphatic rings. The fraction of sp³-hybridized carbons (Fsp3) is 0.750. The second kappa shape index (κ2) is 6.42. The summed E-state index contributed by atoms with van der Waals surface area (Å²) in [4.78, 5) is 9.55. The highest BCUT2D eigenvalue weighted by atomic mass is 32.2. The molecule has 2 N–H and O–H groups in total. The predicted octanol–water partition coefficient (Wildman–Crippen LogP) is 3.79. The van der Waals surface area contributed by atoms with Crippen LogP contribution in [0.2, 0.25) is 0 Å². The largest absolute Gasteiger partial charge is 0.370 e. The van der Waals surface area contributed by atoms with Gasteiger partial charge in [0, 0.05) is 29.3 Å². The summed E-state index contributed by atoms with van der Waals surface area (Å²) < 4.78 is 0. The van der Waals surface area contributed by atoms with E-state index in [0.29, 0.717) is 12.0 Å². The quantitative estimate of drug-likeness (QED) is 0.837. The minimum atomic E-state index is 0.567. The van der Waals surface area contributed by atoms with E-state index in [1.165, 1.54) is 32.1 Å². The molecule has 2 atom stereocenters. The lowest BCUT2D eigenvalue weighted by Crippen LogP contribution is -2.19. The van der Waals surface area contributed by atoms with E-state index in [0.717, 1.165) is 34.8 Å². The minimum absolute atomic E-state index is 0.567. The standard InChI is InChI=1S/C16H26N4S/c1-4-17-14-10(2)15(20-16(19-14)11-5-6-11)18-12-7-8-13(9-12)21-3/h11-13H,4-9H2,1-3H3,(H2,17,18,19,20). The molecule has 0 amide bonds. The first-order valence-electron chi connectivity index (χ1n) is 8.13. The van der Waals surface area contributed by atoms with Crippen LogP contribution < -0.4 is 10.6 Å². The molecule has 2 saturated carbocycles. The molecule has 0 aliphatic heterocycles. The number of aromatic nitrogens is 2. The zero-order valence-electron chi connectivity index (χ0n) is 13.3. The van der Waals surface area contributed by atoms with Crippen molar-refractivity contribution in [1.29, 1.82) is 0 Å². The third kappa shape index (κ3) is 3.44. The Morgan fingerprint density at radius 1 is 1.14 bits per heavy atom. The van der Waals surface area contributed by atoms with Crippen LogP contribution in [-0.4, -0.2) is 34.1 Å². The molecule has 0 aromatic carbocycles. The number of hydrogen-bond donors (Lipinski definition) is 2. The van der Waals surface area contributed by atoms with Crippen molar-refractivity contribution in [2.45, 2.75) is 63.2 Å². The predicted molar refractivity (Wildman–Crippen MR) is 91.5 cm³/mol. The Morgan fingerprint density at radius 2 is 1.90 bits per heavy atom. The monoisotopic (exact) mass is 306 g/mol. The topological polar surface area (TPSA) is 49.8 Å². The number of anilines is 2. The average Bonchev–Trinajstić information content (AvgIpc) is 3.23. The second-order valence-corrected chi connectivity index (χ2v) is 7.36. The third-order valence-corrected chi connectivity index (χ3v) is 5.60. The van der Waals surface area contributed by atoms with Crippen molar-refractivity contribution in [2.24, 2.45) is 0 Å². The number of thioether (sulfide) groups is 1. The molecule has 1 aromatic heterocycles. The molecular formula is C16H26N4S. The molecule has 0 saturated heterocycles. The molecule has 0 radical (unpaired) electrons. The Kier molecular flexibility index (Phi) is 4.57. The van der Waals surface area contributed by atoms with Gasteiger partial charge in [0.25, 0.3) is 0 Å². The van der Waals surface area contributed by atoms with Gasteiger partial charge in [0.15, 0.2) is 0 Å². The van der Waals surface area contributed by atoms with Crippen molar-refractivity contribution in [3.8, 4) is 0 Å². The summed E-state index contributed by atoms with van der Waals surface area (Å²) in [6.45, 7) is 5.14. The number of nitrogens with zero attached hydrogens (tertiary/aromatic N) is 2. The van der Waals surface area contributed by atoms with Crippen LogP contribution in [-0.2, 0) is 0 Å². The lowest BCUT2D eigenvalue weighted by molar-refractivity contribution is 0.746. The lowest BCUT2D eigenvalue weighted by atomic mass is 10.2. The van der Waals surface area contributed by atoms with E-state index < -0.39 is 0 Å². The molecule has 1 aromatic rings. The first-order chi connectivity index (χ1) is 10.2. The van der Waals surface area contributed by atoms with Crippen LogP contribution in [0.3, 0.4) is 0 Å². The molecule has 1 heterocycles. The number of hydrogen-bond acceptors (Lipinski definition) is 5.